The van der Waals surface area contributed by atoms with Crippen LogP contribution in [0, 0.1) is 12.8 Å². The third-order valence-corrected chi connectivity index (χ3v) is 5.02. The Hall–Kier alpha value is -0.920. The Balaban J connectivity index is 1.99. The van der Waals surface area contributed by atoms with Gasteiger partial charge in [0, 0.05) is 6.54 Å². The second-order valence-corrected chi connectivity index (χ2v) is 6.56. The Kier molecular flexibility index (Phi) is 4.04. The molecule has 1 aliphatic rings. The number of sulfonamides is 1. The molecule has 7 heteroatoms. The molecule has 2 atom stereocenters. The lowest BCUT2D eigenvalue weighted by Crippen LogP contribution is -2.36. The molecular formula is C11H19N3O3S. The van der Waals surface area contributed by atoms with Crippen molar-refractivity contribution in [3.8, 4) is 0 Å². The Morgan fingerprint density at radius 1 is 1.50 bits per heavy atom. The number of aromatic nitrogens is 2. The highest BCUT2D eigenvalue weighted by Gasteiger charge is 2.26. The normalized spacial score (nSPS) is 25.2. The van der Waals surface area contributed by atoms with Crippen LogP contribution >= 0.6 is 0 Å². The lowest BCUT2D eigenvalue weighted by molar-refractivity contribution is 0.0724. The van der Waals surface area contributed by atoms with E-state index in [1.54, 1.807) is 6.92 Å². The van der Waals surface area contributed by atoms with E-state index in [0.29, 0.717) is 5.69 Å². The standard InChI is InChI=1S/C11H19N3O3S/c1-8-11(7-12-14-8)18(16,17)13-6-9-4-2-3-5-10(9)15/h7,9-10,13,15H,2-6H2,1H3,(H,12,14). The molecule has 0 radical (unpaired) electrons. The van der Waals surface area contributed by atoms with E-state index in [1.807, 2.05) is 0 Å². The van der Waals surface area contributed by atoms with Gasteiger partial charge in [0.25, 0.3) is 0 Å². The number of rotatable bonds is 4. The summed E-state index contributed by atoms with van der Waals surface area (Å²) in [7, 11) is -3.53. The zero-order valence-corrected chi connectivity index (χ0v) is 11.2. The van der Waals surface area contributed by atoms with Gasteiger partial charge in [-0.1, -0.05) is 12.8 Å². The summed E-state index contributed by atoms with van der Waals surface area (Å²) in [4.78, 5) is 0.174. The predicted octanol–water partition coefficient (Wildman–Crippen LogP) is 0.548. The third kappa shape index (κ3) is 2.90. The second-order valence-electron chi connectivity index (χ2n) is 4.82. The van der Waals surface area contributed by atoms with Crippen molar-refractivity contribution in [2.24, 2.45) is 5.92 Å². The van der Waals surface area contributed by atoms with Crippen molar-refractivity contribution in [1.29, 1.82) is 0 Å². The van der Waals surface area contributed by atoms with Crippen LogP contribution in [-0.4, -0.2) is 36.4 Å². The fraction of sp³-hybridized carbons (Fsp3) is 0.727. The fourth-order valence-corrected chi connectivity index (χ4v) is 3.56. The Bertz CT molecular complexity index is 497. The minimum atomic E-state index is -3.53. The van der Waals surface area contributed by atoms with Crippen molar-refractivity contribution in [3.05, 3.63) is 11.9 Å². The SMILES string of the molecule is Cc1[nH]ncc1S(=O)(=O)NCC1CCCCC1O. The number of aromatic amines is 1. The number of aryl methyl sites for hydroxylation is 1. The van der Waals surface area contributed by atoms with Gasteiger partial charge in [0.2, 0.25) is 10.0 Å². The molecule has 18 heavy (non-hydrogen) atoms. The van der Waals surface area contributed by atoms with E-state index in [9.17, 15) is 13.5 Å². The van der Waals surface area contributed by atoms with Crippen molar-refractivity contribution in [1.82, 2.24) is 14.9 Å². The molecule has 1 fully saturated rings. The monoisotopic (exact) mass is 273 g/mol. The molecule has 1 aliphatic carbocycles. The summed E-state index contributed by atoms with van der Waals surface area (Å²) in [5.74, 6) is 0.0146. The molecule has 2 unspecified atom stereocenters. The smallest absolute Gasteiger partial charge is 0.243 e. The molecule has 1 aromatic rings. The summed E-state index contributed by atoms with van der Waals surface area (Å²) >= 11 is 0. The van der Waals surface area contributed by atoms with E-state index in [1.165, 1.54) is 6.20 Å². The summed E-state index contributed by atoms with van der Waals surface area (Å²) in [6, 6.07) is 0. The van der Waals surface area contributed by atoms with E-state index in [0.717, 1.165) is 25.7 Å². The van der Waals surface area contributed by atoms with Crippen LogP contribution in [-0.2, 0) is 10.0 Å². The Labute approximate surface area is 107 Å². The maximum absolute atomic E-state index is 12.0. The summed E-state index contributed by atoms with van der Waals surface area (Å²) in [6.07, 6.45) is 4.60. The maximum Gasteiger partial charge on any atom is 0.243 e. The van der Waals surface area contributed by atoms with Crippen LogP contribution in [0.2, 0.25) is 0 Å². The summed E-state index contributed by atoms with van der Waals surface area (Å²) in [6.45, 7) is 1.95. The molecule has 2 rings (SSSR count). The molecule has 0 saturated heterocycles. The van der Waals surface area contributed by atoms with Crippen LogP contribution < -0.4 is 4.72 Å². The average molecular weight is 273 g/mol. The highest BCUT2D eigenvalue weighted by Crippen LogP contribution is 2.24. The highest BCUT2D eigenvalue weighted by molar-refractivity contribution is 7.89. The quantitative estimate of drug-likeness (QED) is 0.746. The van der Waals surface area contributed by atoms with Gasteiger partial charge in [-0.3, -0.25) is 5.10 Å². The number of aliphatic hydroxyl groups is 1. The van der Waals surface area contributed by atoms with Crippen LogP contribution in [0.4, 0.5) is 0 Å². The van der Waals surface area contributed by atoms with Crippen LogP contribution in [0.3, 0.4) is 0 Å². The van der Waals surface area contributed by atoms with Crippen molar-refractivity contribution >= 4 is 10.0 Å². The Morgan fingerprint density at radius 3 is 2.83 bits per heavy atom. The first-order valence-electron chi connectivity index (χ1n) is 6.18. The lowest BCUT2D eigenvalue weighted by Gasteiger charge is -2.27. The zero-order valence-electron chi connectivity index (χ0n) is 10.4. The number of aliphatic hydroxyl groups excluding tert-OH is 1. The van der Waals surface area contributed by atoms with E-state index < -0.39 is 16.1 Å². The average Bonchev–Trinajstić information content (AvgIpc) is 2.75. The summed E-state index contributed by atoms with van der Waals surface area (Å²) < 4.78 is 26.6. The number of nitrogens with one attached hydrogen (secondary N) is 2. The molecular weight excluding hydrogens is 254 g/mol. The molecule has 0 aromatic carbocycles. The minimum absolute atomic E-state index is 0.0146. The molecule has 3 N–H and O–H groups in total. The lowest BCUT2D eigenvalue weighted by atomic mass is 9.87. The van der Waals surface area contributed by atoms with E-state index in [-0.39, 0.29) is 17.4 Å². The van der Waals surface area contributed by atoms with Gasteiger partial charge in [-0.15, -0.1) is 0 Å². The van der Waals surface area contributed by atoms with E-state index >= 15 is 0 Å². The number of hydrogen-bond donors (Lipinski definition) is 3. The molecule has 0 bridgehead atoms. The largest absolute Gasteiger partial charge is 0.393 e. The topological polar surface area (TPSA) is 95.1 Å². The first-order chi connectivity index (χ1) is 8.50. The molecule has 1 aromatic heterocycles. The number of H-pyrrole nitrogens is 1. The van der Waals surface area contributed by atoms with Gasteiger partial charge < -0.3 is 5.11 Å². The molecule has 1 heterocycles. The first kappa shape index (κ1) is 13.5. The number of nitrogens with zero attached hydrogens (tertiary/aromatic N) is 1. The van der Waals surface area contributed by atoms with Gasteiger partial charge in [0.15, 0.2) is 0 Å². The van der Waals surface area contributed by atoms with Crippen molar-refractivity contribution < 1.29 is 13.5 Å². The van der Waals surface area contributed by atoms with Gasteiger partial charge in [-0.2, -0.15) is 5.10 Å². The molecule has 0 amide bonds. The van der Waals surface area contributed by atoms with Gasteiger partial charge in [0.1, 0.15) is 4.90 Å². The summed E-state index contributed by atoms with van der Waals surface area (Å²) in [5.41, 5.74) is 0.520. The third-order valence-electron chi connectivity index (χ3n) is 3.48. The van der Waals surface area contributed by atoms with Crippen LogP contribution in [0.25, 0.3) is 0 Å². The molecule has 6 nitrogen and oxygen atoms in total. The van der Waals surface area contributed by atoms with E-state index in [2.05, 4.69) is 14.9 Å². The highest BCUT2D eigenvalue weighted by atomic mass is 32.2. The first-order valence-corrected chi connectivity index (χ1v) is 7.67. The van der Waals surface area contributed by atoms with Gasteiger partial charge in [-0.25, -0.2) is 13.1 Å². The van der Waals surface area contributed by atoms with E-state index in [4.69, 9.17) is 0 Å². The summed E-state index contributed by atoms with van der Waals surface area (Å²) in [5, 5.41) is 16.1. The van der Waals surface area contributed by atoms with Crippen molar-refractivity contribution in [3.63, 3.8) is 0 Å². The Morgan fingerprint density at radius 2 is 2.22 bits per heavy atom. The van der Waals surface area contributed by atoms with Crippen LogP contribution in [0.5, 0.6) is 0 Å². The van der Waals surface area contributed by atoms with Gasteiger partial charge in [-0.05, 0) is 25.7 Å². The molecule has 0 spiro atoms. The fourth-order valence-electron chi connectivity index (χ4n) is 2.33. The van der Waals surface area contributed by atoms with Gasteiger partial charge in [0.05, 0.1) is 18.0 Å². The zero-order chi connectivity index (χ0) is 13.2. The molecule has 102 valence electrons. The second kappa shape index (κ2) is 5.38. The minimum Gasteiger partial charge on any atom is -0.393 e. The molecule has 1 saturated carbocycles. The molecule has 0 aliphatic heterocycles. The maximum atomic E-state index is 12.0. The van der Waals surface area contributed by atoms with Crippen LogP contribution in [0.1, 0.15) is 31.4 Å². The predicted molar refractivity (Wildman–Crippen MR) is 66.5 cm³/mol. The van der Waals surface area contributed by atoms with Crippen molar-refractivity contribution in [2.75, 3.05) is 6.54 Å². The van der Waals surface area contributed by atoms with Crippen LogP contribution in [0.15, 0.2) is 11.1 Å². The van der Waals surface area contributed by atoms with Gasteiger partial charge >= 0.3 is 0 Å². The van der Waals surface area contributed by atoms with Crippen molar-refractivity contribution in [2.45, 2.75) is 43.6 Å². The number of hydrogen-bond acceptors (Lipinski definition) is 4.